The Morgan fingerprint density at radius 1 is 1.44 bits per heavy atom. The van der Waals surface area contributed by atoms with E-state index < -0.39 is 10.0 Å². The minimum atomic E-state index is -3.57. The molecule has 0 radical (unpaired) electrons. The first-order chi connectivity index (χ1) is 8.55. The summed E-state index contributed by atoms with van der Waals surface area (Å²) in [5, 5.41) is 12.2. The second-order valence-electron chi connectivity index (χ2n) is 4.33. The van der Waals surface area contributed by atoms with Gasteiger partial charge in [0, 0.05) is 25.7 Å². The van der Waals surface area contributed by atoms with Gasteiger partial charge in [0.1, 0.15) is 6.07 Å². The Morgan fingerprint density at radius 2 is 2.17 bits per heavy atom. The van der Waals surface area contributed by atoms with Crippen molar-refractivity contribution < 1.29 is 8.42 Å². The third-order valence-corrected chi connectivity index (χ3v) is 4.88. The highest BCUT2D eigenvalue weighted by Gasteiger charge is 2.29. The molecular weight excluding hydrogens is 250 g/mol. The van der Waals surface area contributed by atoms with E-state index in [0.717, 1.165) is 0 Å². The highest BCUT2D eigenvalue weighted by atomic mass is 32.2. The summed E-state index contributed by atoms with van der Waals surface area (Å²) in [4.78, 5) is 0.0987. The molecule has 1 aliphatic heterocycles. The number of sulfonamides is 1. The molecule has 1 atom stereocenters. The maximum absolute atomic E-state index is 12.5. The fourth-order valence-corrected chi connectivity index (χ4v) is 3.71. The molecule has 0 saturated carbocycles. The number of hydrogen-bond acceptors (Lipinski definition) is 4. The van der Waals surface area contributed by atoms with Crippen LogP contribution in [-0.2, 0) is 10.0 Å². The third-order valence-electron chi connectivity index (χ3n) is 2.96. The van der Waals surface area contributed by atoms with Crippen LogP contribution in [0, 0.1) is 11.3 Å². The van der Waals surface area contributed by atoms with Crippen LogP contribution in [0.15, 0.2) is 29.2 Å². The van der Waals surface area contributed by atoms with Gasteiger partial charge < -0.3 is 5.32 Å². The van der Waals surface area contributed by atoms with Crippen LogP contribution in [-0.4, -0.2) is 38.4 Å². The van der Waals surface area contributed by atoms with Gasteiger partial charge in [0.05, 0.1) is 10.5 Å². The SMILES string of the molecule is CC1CN(S(=O)(=O)c2ccccc2C#N)CCN1. The van der Waals surface area contributed by atoms with E-state index in [1.807, 2.05) is 13.0 Å². The quantitative estimate of drug-likeness (QED) is 0.847. The maximum atomic E-state index is 12.5. The molecule has 0 bridgehead atoms. The average molecular weight is 265 g/mol. The topological polar surface area (TPSA) is 73.2 Å². The van der Waals surface area contributed by atoms with Crippen LogP contribution in [0.4, 0.5) is 0 Å². The van der Waals surface area contributed by atoms with Gasteiger partial charge in [-0.1, -0.05) is 12.1 Å². The molecule has 5 nitrogen and oxygen atoms in total. The van der Waals surface area contributed by atoms with E-state index in [0.29, 0.717) is 19.6 Å². The van der Waals surface area contributed by atoms with Crippen molar-refractivity contribution in [3.8, 4) is 6.07 Å². The van der Waals surface area contributed by atoms with Gasteiger partial charge in [0.15, 0.2) is 0 Å². The Bertz CT molecular complexity index is 577. The van der Waals surface area contributed by atoms with E-state index in [-0.39, 0.29) is 16.5 Å². The molecular formula is C12H15N3O2S. The Morgan fingerprint density at radius 3 is 2.83 bits per heavy atom. The third kappa shape index (κ3) is 2.38. The van der Waals surface area contributed by atoms with Crippen LogP contribution in [0.3, 0.4) is 0 Å². The van der Waals surface area contributed by atoms with Gasteiger partial charge in [0.2, 0.25) is 10.0 Å². The zero-order valence-corrected chi connectivity index (χ0v) is 10.9. The summed E-state index contributed by atoms with van der Waals surface area (Å²) in [6, 6.07) is 8.37. The van der Waals surface area contributed by atoms with Crippen LogP contribution in [0.5, 0.6) is 0 Å². The predicted molar refractivity (Wildman–Crippen MR) is 67.4 cm³/mol. The molecule has 1 fully saturated rings. The number of rotatable bonds is 2. The number of nitrogens with zero attached hydrogens (tertiary/aromatic N) is 2. The lowest BCUT2D eigenvalue weighted by Crippen LogP contribution is -2.51. The van der Waals surface area contributed by atoms with E-state index in [4.69, 9.17) is 5.26 Å². The second kappa shape index (κ2) is 5.06. The minimum Gasteiger partial charge on any atom is -0.312 e. The number of benzene rings is 1. The molecule has 1 saturated heterocycles. The molecule has 0 aromatic heterocycles. The molecule has 96 valence electrons. The molecule has 0 spiro atoms. The van der Waals surface area contributed by atoms with E-state index in [2.05, 4.69) is 5.32 Å². The fourth-order valence-electron chi connectivity index (χ4n) is 2.04. The van der Waals surface area contributed by atoms with Crippen molar-refractivity contribution >= 4 is 10.0 Å². The number of nitrogens with one attached hydrogen (secondary N) is 1. The molecule has 1 unspecified atom stereocenters. The Labute approximate surface area is 107 Å². The van der Waals surface area contributed by atoms with Gasteiger partial charge in [0.25, 0.3) is 0 Å². The second-order valence-corrected chi connectivity index (χ2v) is 6.23. The highest BCUT2D eigenvalue weighted by Crippen LogP contribution is 2.20. The van der Waals surface area contributed by atoms with Crippen molar-refractivity contribution in [2.75, 3.05) is 19.6 Å². The zero-order chi connectivity index (χ0) is 13.2. The van der Waals surface area contributed by atoms with Crippen molar-refractivity contribution in [3.05, 3.63) is 29.8 Å². The van der Waals surface area contributed by atoms with Gasteiger partial charge in [-0.2, -0.15) is 9.57 Å². The molecule has 1 aromatic rings. The Hall–Kier alpha value is -1.42. The first-order valence-corrected chi connectivity index (χ1v) is 7.22. The summed E-state index contributed by atoms with van der Waals surface area (Å²) in [5.74, 6) is 0. The lowest BCUT2D eigenvalue weighted by Gasteiger charge is -2.31. The largest absolute Gasteiger partial charge is 0.312 e. The minimum absolute atomic E-state index is 0.0987. The van der Waals surface area contributed by atoms with Crippen LogP contribution in [0.1, 0.15) is 12.5 Å². The van der Waals surface area contributed by atoms with E-state index in [1.54, 1.807) is 12.1 Å². The standard InChI is InChI=1S/C12H15N3O2S/c1-10-9-15(7-6-14-10)18(16,17)12-5-3-2-4-11(12)8-13/h2-5,10,14H,6-7,9H2,1H3. The van der Waals surface area contributed by atoms with Crippen molar-refractivity contribution in [2.24, 2.45) is 0 Å². The molecule has 18 heavy (non-hydrogen) atoms. The Balaban J connectivity index is 2.39. The number of nitriles is 1. The smallest absolute Gasteiger partial charge is 0.244 e. The summed E-state index contributed by atoms with van der Waals surface area (Å²) in [7, 11) is -3.57. The molecule has 0 aliphatic carbocycles. The van der Waals surface area contributed by atoms with Gasteiger partial charge >= 0.3 is 0 Å². The maximum Gasteiger partial charge on any atom is 0.244 e. The average Bonchev–Trinajstić information content (AvgIpc) is 2.38. The highest BCUT2D eigenvalue weighted by molar-refractivity contribution is 7.89. The fraction of sp³-hybridized carbons (Fsp3) is 0.417. The summed E-state index contributed by atoms with van der Waals surface area (Å²) in [6.45, 7) is 3.45. The molecule has 1 aliphatic rings. The summed E-state index contributed by atoms with van der Waals surface area (Å²) >= 11 is 0. The summed E-state index contributed by atoms with van der Waals surface area (Å²) < 4.78 is 26.4. The van der Waals surface area contributed by atoms with Gasteiger partial charge in [-0.25, -0.2) is 8.42 Å². The normalized spacial score (nSPS) is 21.4. The molecule has 1 heterocycles. The number of piperazine rings is 1. The monoisotopic (exact) mass is 265 g/mol. The van der Waals surface area contributed by atoms with Gasteiger partial charge in [-0.15, -0.1) is 0 Å². The zero-order valence-electron chi connectivity index (χ0n) is 10.1. The lowest BCUT2D eigenvalue weighted by molar-refractivity contribution is 0.310. The van der Waals surface area contributed by atoms with Crippen molar-refractivity contribution in [3.63, 3.8) is 0 Å². The molecule has 2 rings (SSSR count). The van der Waals surface area contributed by atoms with Crippen molar-refractivity contribution in [1.82, 2.24) is 9.62 Å². The molecule has 1 aromatic carbocycles. The number of hydrogen-bond donors (Lipinski definition) is 1. The molecule has 0 amide bonds. The van der Waals surface area contributed by atoms with Crippen LogP contribution in [0.25, 0.3) is 0 Å². The van der Waals surface area contributed by atoms with Crippen LogP contribution in [0.2, 0.25) is 0 Å². The Kier molecular flexibility index (Phi) is 3.66. The first-order valence-electron chi connectivity index (χ1n) is 5.78. The van der Waals surface area contributed by atoms with Crippen LogP contribution >= 0.6 is 0 Å². The van der Waals surface area contributed by atoms with Crippen LogP contribution < -0.4 is 5.32 Å². The lowest BCUT2D eigenvalue weighted by atomic mass is 10.2. The summed E-state index contributed by atoms with van der Waals surface area (Å²) in [5.41, 5.74) is 0.198. The van der Waals surface area contributed by atoms with Crippen molar-refractivity contribution in [2.45, 2.75) is 17.9 Å². The molecule has 6 heteroatoms. The van der Waals surface area contributed by atoms with Crippen molar-refractivity contribution in [1.29, 1.82) is 5.26 Å². The first kappa shape index (κ1) is 13.0. The van der Waals surface area contributed by atoms with Gasteiger partial charge in [-0.3, -0.25) is 0 Å². The van der Waals surface area contributed by atoms with E-state index in [1.165, 1.54) is 16.4 Å². The van der Waals surface area contributed by atoms with E-state index in [9.17, 15) is 8.42 Å². The summed E-state index contributed by atoms with van der Waals surface area (Å²) in [6.07, 6.45) is 0. The van der Waals surface area contributed by atoms with E-state index >= 15 is 0 Å². The predicted octanol–water partition coefficient (Wildman–Crippen LogP) is 0.541. The molecule has 1 N–H and O–H groups in total. The van der Waals surface area contributed by atoms with Gasteiger partial charge in [-0.05, 0) is 19.1 Å².